The maximum Gasteiger partial charge on any atom is 0.123 e. The Labute approximate surface area is 84.3 Å². The van der Waals surface area contributed by atoms with Crippen LogP contribution in [0.1, 0.15) is 12.0 Å². The summed E-state index contributed by atoms with van der Waals surface area (Å²) in [6.07, 6.45) is 0.537. The average molecular weight is 190 g/mol. The average Bonchev–Trinajstić information content (AvgIpc) is 2.25. The Morgan fingerprint density at radius 3 is 2.93 bits per heavy atom. The summed E-state index contributed by atoms with van der Waals surface area (Å²) < 4.78 is 5.20. The second kappa shape index (κ2) is 6.01. The third-order valence-electron chi connectivity index (χ3n) is 1.92. The van der Waals surface area contributed by atoms with Gasteiger partial charge in [-0.3, -0.25) is 0 Å². The molecule has 3 nitrogen and oxygen atoms in total. The molecule has 1 aromatic rings. The summed E-state index contributed by atoms with van der Waals surface area (Å²) in [7, 11) is 1.66. The molecule has 0 amide bonds. The van der Waals surface area contributed by atoms with E-state index in [1.165, 1.54) is 0 Å². The molecule has 0 bridgehead atoms. The van der Waals surface area contributed by atoms with Crippen molar-refractivity contribution in [1.29, 1.82) is 5.26 Å². The van der Waals surface area contributed by atoms with E-state index in [2.05, 4.69) is 11.4 Å². The number of methoxy groups -OCH3 is 1. The minimum Gasteiger partial charge on any atom is -0.496 e. The zero-order valence-electron chi connectivity index (χ0n) is 8.29. The molecule has 0 aromatic heterocycles. The maximum absolute atomic E-state index is 8.35. The van der Waals surface area contributed by atoms with Crippen LogP contribution in [0.3, 0.4) is 0 Å². The highest BCUT2D eigenvalue weighted by molar-refractivity contribution is 5.32. The Morgan fingerprint density at radius 1 is 1.43 bits per heavy atom. The van der Waals surface area contributed by atoms with Crippen LogP contribution in [0.15, 0.2) is 24.3 Å². The lowest BCUT2D eigenvalue weighted by atomic mass is 10.2. The minimum atomic E-state index is 0.537. The van der Waals surface area contributed by atoms with E-state index in [9.17, 15) is 0 Å². The van der Waals surface area contributed by atoms with E-state index >= 15 is 0 Å². The summed E-state index contributed by atoms with van der Waals surface area (Å²) in [6.45, 7) is 1.46. The summed E-state index contributed by atoms with van der Waals surface area (Å²) in [5.41, 5.74) is 1.12. The van der Waals surface area contributed by atoms with Gasteiger partial charge in [0.15, 0.2) is 0 Å². The van der Waals surface area contributed by atoms with E-state index in [1.807, 2.05) is 24.3 Å². The topological polar surface area (TPSA) is 45.0 Å². The first kappa shape index (κ1) is 10.6. The van der Waals surface area contributed by atoms with Gasteiger partial charge in [0.1, 0.15) is 5.75 Å². The second-order valence-electron chi connectivity index (χ2n) is 2.90. The molecular weight excluding hydrogens is 176 g/mol. The molecule has 0 aliphatic carbocycles. The first-order valence-corrected chi connectivity index (χ1v) is 4.58. The van der Waals surface area contributed by atoms with Crippen LogP contribution in [0.4, 0.5) is 0 Å². The zero-order valence-corrected chi connectivity index (χ0v) is 8.29. The zero-order chi connectivity index (χ0) is 10.2. The molecule has 0 radical (unpaired) electrons. The van der Waals surface area contributed by atoms with Gasteiger partial charge in [-0.25, -0.2) is 0 Å². The lowest BCUT2D eigenvalue weighted by Crippen LogP contribution is -2.14. The predicted molar refractivity (Wildman–Crippen MR) is 54.9 cm³/mol. The molecule has 1 rings (SSSR count). The molecule has 0 fully saturated rings. The van der Waals surface area contributed by atoms with Gasteiger partial charge in [-0.05, 0) is 6.07 Å². The summed E-state index contributed by atoms with van der Waals surface area (Å²) in [5.74, 6) is 0.886. The molecule has 0 saturated heterocycles. The fourth-order valence-electron chi connectivity index (χ4n) is 1.22. The van der Waals surface area contributed by atoms with Gasteiger partial charge in [0.2, 0.25) is 0 Å². The fraction of sp³-hybridized carbons (Fsp3) is 0.364. The molecule has 0 heterocycles. The number of para-hydroxylation sites is 1. The number of rotatable bonds is 5. The van der Waals surface area contributed by atoms with Crippen molar-refractivity contribution in [3.63, 3.8) is 0 Å². The number of nitrogens with one attached hydrogen (secondary N) is 1. The quantitative estimate of drug-likeness (QED) is 0.719. The maximum atomic E-state index is 8.35. The smallest absolute Gasteiger partial charge is 0.123 e. The monoisotopic (exact) mass is 190 g/mol. The van der Waals surface area contributed by atoms with Gasteiger partial charge in [0.25, 0.3) is 0 Å². The van der Waals surface area contributed by atoms with Gasteiger partial charge >= 0.3 is 0 Å². The highest BCUT2D eigenvalue weighted by Crippen LogP contribution is 2.16. The van der Waals surface area contributed by atoms with Gasteiger partial charge in [0.05, 0.1) is 13.2 Å². The van der Waals surface area contributed by atoms with Crippen LogP contribution in [0, 0.1) is 11.3 Å². The van der Waals surface area contributed by atoms with Crippen molar-refractivity contribution in [2.75, 3.05) is 13.7 Å². The Bertz CT molecular complexity index is 317. The number of hydrogen-bond donors (Lipinski definition) is 1. The summed E-state index contributed by atoms with van der Waals surface area (Å²) in [4.78, 5) is 0. The van der Waals surface area contributed by atoms with Crippen molar-refractivity contribution in [3.05, 3.63) is 29.8 Å². The molecule has 0 saturated carbocycles. The summed E-state index contributed by atoms with van der Waals surface area (Å²) in [6, 6.07) is 9.95. The largest absolute Gasteiger partial charge is 0.496 e. The van der Waals surface area contributed by atoms with Gasteiger partial charge in [-0.15, -0.1) is 0 Å². The van der Waals surface area contributed by atoms with E-state index in [-0.39, 0.29) is 0 Å². The third-order valence-corrected chi connectivity index (χ3v) is 1.92. The van der Waals surface area contributed by atoms with Crippen molar-refractivity contribution in [2.45, 2.75) is 13.0 Å². The van der Waals surface area contributed by atoms with Crippen molar-refractivity contribution in [2.24, 2.45) is 0 Å². The lowest BCUT2D eigenvalue weighted by molar-refractivity contribution is 0.408. The number of benzene rings is 1. The highest BCUT2D eigenvalue weighted by atomic mass is 16.5. The molecule has 0 spiro atoms. The van der Waals surface area contributed by atoms with Crippen LogP contribution in [0.5, 0.6) is 5.75 Å². The van der Waals surface area contributed by atoms with E-state index in [1.54, 1.807) is 7.11 Å². The van der Waals surface area contributed by atoms with Crippen LogP contribution >= 0.6 is 0 Å². The van der Waals surface area contributed by atoms with Crippen LogP contribution in [0.2, 0.25) is 0 Å². The van der Waals surface area contributed by atoms with Gasteiger partial charge in [-0.1, -0.05) is 18.2 Å². The molecule has 1 aromatic carbocycles. The summed E-state index contributed by atoms with van der Waals surface area (Å²) in [5, 5.41) is 11.5. The van der Waals surface area contributed by atoms with Crippen molar-refractivity contribution in [3.8, 4) is 11.8 Å². The van der Waals surface area contributed by atoms with Gasteiger partial charge in [0, 0.05) is 25.1 Å². The predicted octanol–water partition coefficient (Wildman–Crippen LogP) is 1.70. The standard InChI is InChI=1S/C11H14N2O/c1-14-11-6-3-2-5-10(11)9-13-8-4-7-12/h2-3,5-6,13H,4,8-9H2,1H3. The molecule has 14 heavy (non-hydrogen) atoms. The lowest BCUT2D eigenvalue weighted by Gasteiger charge is -2.07. The van der Waals surface area contributed by atoms with E-state index in [0.717, 1.165) is 17.9 Å². The highest BCUT2D eigenvalue weighted by Gasteiger charge is 1.99. The van der Waals surface area contributed by atoms with Crippen LogP contribution < -0.4 is 10.1 Å². The SMILES string of the molecule is COc1ccccc1CNCCC#N. The van der Waals surface area contributed by atoms with Gasteiger partial charge in [-0.2, -0.15) is 5.26 Å². The third kappa shape index (κ3) is 3.08. The van der Waals surface area contributed by atoms with E-state index in [4.69, 9.17) is 10.00 Å². The Hall–Kier alpha value is -1.53. The normalized spacial score (nSPS) is 9.43. The van der Waals surface area contributed by atoms with Crippen molar-refractivity contribution < 1.29 is 4.74 Å². The molecule has 3 heteroatoms. The Kier molecular flexibility index (Phi) is 4.53. The van der Waals surface area contributed by atoms with E-state index < -0.39 is 0 Å². The molecule has 1 N–H and O–H groups in total. The first-order valence-electron chi connectivity index (χ1n) is 4.58. The molecule has 0 atom stereocenters. The van der Waals surface area contributed by atoms with Crippen LogP contribution in [-0.4, -0.2) is 13.7 Å². The van der Waals surface area contributed by atoms with Crippen LogP contribution in [0.25, 0.3) is 0 Å². The van der Waals surface area contributed by atoms with Crippen molar-refractivity contribution >= 4 is 0 Å². The molecule has 74 valence electrons. The number of nitrogens with zero attached hydrogens (tertiary/aromatic N) is 1. The molecular formula is C11H14N2O. The first-order chi connectivity index (χ1) is 6.88. The second-order valence-corrected chi connectivity index (χ2v) is 2.90. The van der Waals surface area contributed by atoms with E-state index in [0.29, 0.717) is 13.0 Å². The molecule has 0 unspecified atom stereocenters. The van der Waals surface area contributed by atoms with Crippen LogP contribution in [-0.2, 0) is 6.54 Å². The Balaban J connectivity index is 2.46. The number of hydrogen-bond acceptors (Lipinski definition) is 3. The fourth-order valence-corrected chi connectivity index (χ4v) is 1.22. The summed E-state index contributed by atoms with van der Waals surface area (Å²) >= 11 is 0. The number of nitriles is 1. The molecule has 0 aliphatic heterocycles. The number of ether oxygens (including phenoxy) is 1. The Morgan fingerprint density at radius 2 is 2.21 bits per heavy atom. The molecule has 0 aliphatic rings. The van der Waals surface area contributed by atoms with Gasteiger partial charge < -0.3 is 10.1 Å². The van der Waals surface area contributed by atoms with Crippen molar-refractivity contribution in [1.82, 2.24) is 5.32 Å². The minimum absolute atomic E-state index is 0.537.